The Labute approximate surface area is 152 Å². The minimum absolute atomic E-state index is 0.245. The molecule has 0 unspecified atom stereocenters. The highest BCUT2D eigenvalue weighted by atomic mass is 16.6. The van der Waals surface area contributed by atoms with Gasteiger partial charge < -0.3 is 38.9 Å². The zero-order chi connectivity index (χ0) is 18.4. The van der Waals surface area contributed by atoms with Crippen molar-refractivity contribution in [1.82, 2.24) is 0 Å². The third-order valence-electron chi connectivity index (χ3n) is 2.80. The van der Waals surface area contributed by atoms with E-state index >= 15 is 0 Å². The fraction of sp³-hybridized carbons (Fsp3) is 1.00. The standard InChI is InChI=1S/C17H37NO7/c1-17(2)25-16-15-24-14-13-23-12-11-22-10-9-21-8-7-20-6-5-19-4-3-18/h17H,3-16,18H2,1-2H3. The number of ether oxygens (including phenoxy) is 7. The van der Waals surface area contributed by atoms with Crippen molar-refractivity contribution in [2.45, 2.75) is 20.0 Å². The zero-order valence-corrected chi connectivity index (χ0v) is 15.9. The van der Waals surface area contributed by atoms with E-state index in [4.69, 9.17) is 38.9 Å². The van der Waals surface area contributed by atoms with Gasteiger partial charge in [0.15, 0.2) is 0 Å². The van der Waals surface area contributed by atoms with E-state index in [0.717, 1.165) is 0 Å². The molecule has 0 aliphatic rings. The van der Waals surface area contributed by atoms with Gasteiger partial charge in [-0.2, -0.15) is 0 Å². The molecule has 8 nitrogen and oxygen atoms in total. The summed E-state index contributed by atoms with van der Waals surface area (Å²) in [7, 11) is 0. The molecular formula is C17H37NO7. The first-order valence-electron chi connectivity index (χ1n) is 9.05. The summed E-state index contributed by atoms with van der Waals surface area (Å²) in [6.45, 7) is 11.9. The van der Waals surface area contributed by atoms with E-state index in [-0.39, 0.29) is 6.10 Å². The van der Waals surface area contributed by atoms with Gasteiger partial charge in [0, 0.05) is 6.54 Å². The van der Waals surface area contributed by atoms with Crippen molar-refractivity contribution in [3.63, 3.8) is 0 Å². The summed E-state index contributed by atoms with van der Waals surface area (Å²) >= 11 is 0. The van der Waals surface area contributed by atoms with Crippen molar-refractivity contribution in [2.75, 3.05) is 92.4 Å². The third kappa shape index (κ3) is 23.7. The minimum atomic E-state index is 0.245. The van der Waals surface area contributed by atoms with Gasteiger partial charge in [0.1, 0.15) is 0 Å². The van der Waals surface area contributed by atoms with Crippen molar-refractivity contribution in [3.05, 3.63) is 0 Å². The van der Waals surface area contributed by atoms with Crippen molar-refractivity contribution >= 4 is 0 Å². The molecule has 0 saturated carbocycles. The zero-order valence-electron chi connectivity index (χ0n) is 15.9. The van der Waals surface area contributed by atoms with Gasteiger partial charge in [0.25, 0.3) is 0 Å². The molecule has 0 fully saturated rings. The van der Waals surface area contributed by atoms with Crippen LogP contribution in [-0.4, -0.2) is 98.5 Å². The maximum absolute atomic E-state index is 5.39. The van der Waals surface area contributed by atoms with Gasteiger partial charge in [0.2, 0.25) is 0 Å². The number of hydrogen-bond donors (Lipinski definition) is 1. The Kier molecular flexibility index (Phi) is 21.4. The van der Waals surface area contributed by atoms with Crippen LogP contribution >= 0.6 is 0 Å². The van der Waals surface area contributed by atoms with Crippen molar-refractivity contribution < 1.29 is 33.2 Å². The molecule has 0 aliphatic heterocycles. The maximum atomic E-state index is 5.39. The van der Waals surface area contributed by atoms with Gasteiger partial charge in [-0.1, -0.05) is 0 Å². The minimum Gasteiger partial charge on any atom is -0.378 e. The first kappa shape index (κ1) is 24.7. The van der Waals surface area contributed by atoms with Crippen LogP contribution in [0.4, 0.5) is 0 Å². The Bertz CT molecular complexity index is 245. The first-order chi connectivity index (χ1) is 12.3. The fourth-order valence-corrected chi connectivity index (χ4v) is 1.63. The molecule has 0 bridgehead atoms. The van der Waals surface area contributed by atoms with Gasteiger partial charge in [-0.15, -0.1) is 0 Å². The van der Waals surface area contributed by atoms with Crippen LogP contribution in [0.25, 0.3) is 0 Å². The van der Waals surface area contributed by atoms with Crippen LogP contribution in [0.2, 0.25) is 0 Å². The molecule has 0 radical (unpaired) electrons. The summed E-state index contributed by atoms with van der Waals surface area (Å²) in [6.07, 6.45) is 0.245. The second kappa shape index (κ2) is 21.7. The Balaban J connectivity index is 2.96. The molecule has 0 amide bonds. The summed E-state index contributed by atoms with van der Waals surface area (Å²) in [5, 5.41) is 0. The molecule has 0 aromatic carbocycles. The molecule has 0 aromatic rings. The van der Waals surface area contributed by atoms with Crippen molar-refractivity contribution in [1.29, 1.82) is 0 Å². The van der Waals surface area contributed by atoms with E-state index in [1.807, 2.05) is 13.8 Å². The van der Waals surface area contributed by atoms with E-state index in [0.29, 0.717) is 92.4 Å². The van der Waals surface area contributed by atoms with Crippen LogP contribution < -0.4 is 5.73 Å². The smallest absolute Gasteiger partial charge is 0.0703 e. The average molecular weight is 367 g/mol. The number of rotatable bonds is 21. The Morgan fingerprint density at radius 2 is 0.760 bits per heavy atom. The van der Waals surface area contributed by atoms with Crippen LogP contribution in [0.3, 0.4) is 0 Å². The highest BCUT2D eigenvalue weighted by Gasteiger charge is 1.95. The van der Waals surface area contributed by atoms with E-state index < -0.39 is 0 Å². The third-order valence-corrected chi connectivity index (χ3v) is 2.80. The summed E-state index contributed by atoms with van der Waals surface area (Å²) in [5.41, 5.74) is 5.30. The second-order valence-electron chi connectivity index (χ2n) is 5.38. The lowest BCUT2D eigenvalue weighted by atomic mass is 10.5. The Morgan fingerprint density at radius 1 is 0.480 bits per heavy atom. The highest BCUT2D eigenvalue weighted by Crippen LogP contribution is 1.88. The van der Waals surface area contributed by atoms with Crippen LogP contribution in [0.5, 0.6) is 0 Å². The van der Waals surface area contributed by atoms with Gasteiger partial charge in [-0.05, 0) is 13.8 Å². The SMILES string of the molecule is CC(C)OCCOCCOCCOCCOCCOCCOCCN. The maximum Gasteiger partial charge on any atom is 0.0703 e. The highest BCUT2D eigenvalue weighted by molar-refractivity contribution is 4.38. The van der Waals surface area contributed by atoms with Crippen LogP contribution in [0.1, 0.15) is 13.8 Å². The molecule has 0 atom stereocenters. The monoisotopic (exact) mass is 367 g/mol. The molecule has 0 saturated heterocycles. The van der Waals surface area contributed by atoms with Crippen LogP contribution in [-0.2, 0) is 33.2 Å². The summed E-state index contributed by atoms with van der Waals surface area (Å²) in [6, 6.07) is 0. The topological polar surface area (TPSA) is 90.6 Å². The lowest BCUT2D eigenvalue weighted by molar-refractivity contribution is -0.0236. The van der Waals surface area contributed by atoms with E-state index in [9.17, 15) is 0 Å². The molecule has 8 heteroatoms. The first-order valence-corrected chi connectivity index (χ1v) is 9.05. The Hall–Kier alpha value is -0.320. The number of hydrogen-bond acceptors (Lipinski definition) is 8. The fourth-order valence-electron chi connectivity index (χ4n) is 1.63. The van der Waals surface area contributed by atoms with Gasteiger partial charge >= 0.3 is 0 Å². The lowest BCUT2D eigenvalue weighted by Gasteiger charge is -2.09. The average Bonchev–Trinajstić information content (AvgIpc) is 2.60. The number of nitrogens with two attached hydrogens (primary N) is 1. The van der Waals surface area contributed by atoms with Gasteiger partial charge in [-0.25, -0.2) is 0 Å². The van der Waals surface area contributed by atoms with E-state index in [1.165, 1.54) is 0 Å². The van der Waals surface area contributed by atoms with E-state index in [2.05, 4.69) is 0 Å². The normalized spacial score (nSPS) is 11.5. The lowest BCUT2D eigenvalue weighted by Crippen LogP contribution is -2.15. The largest absolute Gasteiger partial charge is 0.378 e. The predicted octanol–water partition coefficient (Wildman–Crippen LogP) is 0.470. The Morgan fingerprint density at radius 3 is 1.04 bits per heavy atom. The predicted molar refractivity (Wildman–Crippen MR) is 95.1 cm³/mol. The molecule has 0 aliphatic carbocycles. The second-order valence-corrected chi connectivity index (χ2v) is 5.38. The molecule has 0 spiro atoms. The van der Waals surface area contributed by atoms with Crippen molar-refractivity contribution in [2.24, 2.45) is 5.73 Å². The molecular weight excluding hydrogens is 330 g/mol. The van der Waals surface area contributed by atoms with Crippen molar-refractivity contribution in [3.8, 4) is 0 Å². The van der Waals surface area contributed by atoms with Crippen LogP contribution in [0.15, 0.2) is 0 Å². The van der Waals surface area contributed by atoms with Gasteiger partial charge in [0.05, 0.1) is 92.0 Å². The quantitative estimate of drug-likeness (QED) is 0.293. The van der Waals surface area contributed by atoms with E-state index in [1.54, 1.807) is 0 Å². The summed E-state index contributed by atoms with van der Waals surface area (Å²) < 4.78 is 37.4. The molecule has 0 aromatic heterocycles. The molecule has 0 rings (SSSR count). The van der Waals surface area contributed by atoms with Crippen LogP contribution in [0, 0.1) is 0 Å². The van der Waals surface area contributed by atoms with Gasteiger partial charge in [-0.3, -0.25) is 0 Å². The molecule has 0 heterocycles. The molecule has 2 N–H and O–H groups in total. The summed E-state index contributed by atoms with van der Waals surface area (Å²) in [5.74, 6) is 0. The molecule has 25 heavy (non-hydrogen) atoms. The molecule has 152 valence electrons. The summed E-state index contributed by atoms with van der Waals surface area (Å²) in [4.78, 5) is 0.